The number of hydrogen-bond donors (Lipinski definition) is 1. The van der Waals surface area contributed by atoms with Gasteiger partial charge in [-0.3, -0.25) is 14.9 Å². The first-order valence-corrected chi connectivity index (χ1v) is 6.60. The molecular formula is C15H15FN2O4. The minimum Gasteiger partial charge on any atom is -0.469 e. The number of ether oxygens (including phenoxy) is 2. The van der Waals surface area contributed by atoms with Gasteiger partial charge in [-0.2, -0.15) is 5.26 Å². The van der Waals surface area contributed by atoms with Crippen molar-refractivity contribution in [2.45, 2.75) is 12.1 Å². The number of carbonyl (C=O) groups excluding carboxylic acids is 2. The van der Waals surface area contributed by atoms with Crippen molar-refractivity contribution < 1.29 is 23.5 Å². The average molecular weight is 306 g/mol. The van der Waals surface area contributed by atoms with Crippen molar-refractivity contribution in [2.75, 3.05) is 14.2 Å². The van der Waals surface area contributed by atoms with Crippen molar-refractivity contribution in [3.8, 4) is 6.07 Å². The predicted molar refractivity (Wildman–Crippen MR) is 72.7 cm³/mol. The van der Waals surface area contributed by atoms with Crippen LogP contribution >= 0.6 is 0 Å². The SMILES string of the molecule is COC(=O)[C@H]1[C@H](C(=O)OC)[C@H](c2cccc(F)c2)N[C@@H]1C#N. The van der Waals surface area contributed by atoms with Gasteiger partial charge in [0.1, 0.15) is 17.8 Å². The third-order valence-corrected chi connectivity index (χ3v) is 3.76. The number of halogens is 1. The highest BCUT2D eigenvalue weighted by Crippen LogP contribution is 2.38. The first-order chi connectivity index (χ1) is 10.5. The van der Waals surface area contributed by atoms with E-state index in [2.05, 4.69) is 10.1 Å². The smallest absolute Gasteiger partial charge is 0.312 e. The van der Waals surface area contributed by atoms with Crippen LogP contribution in [-0.2, 0) is 19.1 Å². The summed E-state index contributed by atoms with van der Waals surface area (Å²) in [5.41, 5.74) is 0.460. The first-order valence-electron chi connectivity index (χ1n) is 6.60. The lowest BCUT2D eigenvalue weighted by atomic mass is 9.84. The molecule has 0 spiro atoms. The predicted octanol–water partition coefficient (Wildman–Crippen LogP) is 0.941. The van der Waals surface area contributed by atoms with Crippen molar-refractivity contribution in [2.24, 2.45) is 11.8 Å². The molecule has 1 aliphatic heterocycles. The highest BCUT2D eigenvalue weighted by atomic mass is 19.1. The number of carbonyl (C=O) groups is 2. The molecule has 4 atom stereocenters. The highest BCUT2D eigenvalue weighted by Gasteiger charge is 2.52. The van der Waals surface area contributed by atoms with Crippen LogP contribution in [-0.4, -0.2) is 32.2 Å². The van der Waals surface area contributed by atoms with Crippen LogP contribution in [0.5, 0.6) is 0 Å². The Kier molecular flexibility index (Phi) is 4.73. The van der Waals surface area contributed by atoms with Gasteiger partial charge in [0.25, 0.3) is 0 Å². The number of rotatable bonds is 3. The third kappa shape index (κ3) is 2.78. The maximum absolute atomic E-state index is 13.4. The number of nitriles is 1. The third-order valence-electron chi connectivity index (χ3n) is 3.76. The maximum Gasteiger partial charge on any atom is 0.312 e. The number of benzene rings is 1. The van der Waals surface area contributed by atoms with E-state index in [1.807, 2.05) is 6.07 Å². The molecule has 6 nitrogen and oxygen atoms in total. The fourth-order valence-electron chi connectivity index (χ4n) is 2.77. The second kappa shape index (κ2) is 6.54. The van der Waals surface area contributed by atoms with Crippen molar-refractivity contribution in [3.05, 3.63) is 35.6 Å². The van der Waals surface area contributed by atoms with Crippen molar-refractivity contribution in [1.82, 2.24) is 5.32 Å². The maximum atomic E-state index is 13.4. The topological polar surface area (TPSA) is 88.4 Å². The Morgan fingerprint density at radius 3 is 2.41 bits per heavy atom. The van der Waals surface area contributed by atoms with E-state index >= 15 is 0 Å². The highest BCUT2D eigenvalue weighted by molar-refractivity contribution is 5.84. The van der Waals surface area contributed by atoms with Crippen molar-refractivity contribution in [3.63, 3.8) is 0 Å². The summed E-state index contributed by atoms with van der Waals surface area (Å²) in [4.78, 5) is 24.1. The number of esters is 2. The molecular weight excluding hydrogens is 291 g/mol. The minimum atomic E-state index is -1.02. The van der Waals surface area contributed by atoms with Gasteiger partial charge in [-0.25, -0.2) is 4.39 Å². The monoisotopic (exact) mass is 306 g/mol. The first kappa shape index (κ1) is 15.9. The zero-order valence-corrected chi connectivity index (χ0v) is 12.1. The van der Waals surface area contributed by atoms with E-state index in [1.165, 1.54) is 32.4 Å². The van der Waals surface area contributed by atoms with Crippen LogP contribution in [0.4, 0.5) is 4.39 Å². The second-order valence-corrected chi connectivity index (χ2v) is 4.90. The van der Waals surface area contributed by atoms with Crippen LogP contribution in [0.3, 0.4) is 0 Å². The summed E-state index contributed by atoms with van der Waals surface area (Å²) in [6, 6.07) is 5.93. The Bertz CT molecular complexity index is 628. The molecule has 0 bridgehead atoms. The Balaban J connectivity index is 2.47. The molecule has 1 saturated heterocycles. The standard InChI is InChI=1S/C15H15FN2O4/c1-21-14(19)11-10(7-17)18-13(12(11)15(20)22-2)8-4-3-5-9(16)6-8/h3-6,10-13,18H,1-2H3/t10-,11-,12+,13+/m1/s1. The van der Waals surface area contributed by atoms with Crippen molar-refractivity contribution >= 4 is 11.9 Å². The molecule has 1 aliphatic rings. The van der Waals surface area contributed by atoms with Gasteiger partial charge >= 0.3 is 11.9 Å². The number of nitrogens with one attached hydrogen (secondary N) is 1. The lowest BCUT2D eigenvalue weighted by molar-refractivity contribution is -0.156. The molecule has 2 rings (SSSR count). The van der Waals surface area contributed by atoms with E-state index in [0.717, 1.165) is 0 Å². The molecule has 1 aromatic rings. The van der Waals surface area contributed by atoms with Gasteiger partial charge in [0, 0.05) is 6.04 Å². The summed E-state index contributed by atoms with van der Waals surface area (Å²) in [5.74, 6) is -3.80. The van der Waals surface area contributed by atoms with Gasteiger partial charge in [-0.1, -0.05) is 12.1 Å². The van der Waals surface area contributed by atoms with Crippen LogP contribution in [0.15, 0.2) is 24.3 Å². The zero-order valence-electron chi connectivity index (χ0n) is 12.1. The number of nitrogens with zero attached hydrogens (tertiary/aromatic N) is 1. The summed E-state index contributed by atoms with van der Waals surface area (Å²) >= 11 is 0. The van der Waals surface area contributed by atoms with Gasteiger partial charge < -0.3 is 9.47 Å². The van der Waals surface area contributed by atoms with Gasteiger partial charge in [0.2, 0.25) is 0 Å². The van der Waals surface area contributed by atoms with E-state index in [9.17, 15) is 19.2 Å². The normalized spacial score (nSPS) is 27.0. The van der Waals surface area contributed by atoms with E-state index < -0.39 is 41.7 Å². The summed E-state index contributed by atoms with van der Waals surface area (Å²) in [7, 11) is 2.37. The number of methoxy groups -OCH3 is 2. The van der Waals surface area contributed by atoms with Gasteiger partial charge in [0.05, 0.1) is 26.2 Å². The lowest BCUT2D eigenvalue weighted by Gasteiger charge is -2.20. The minimum absolute atomic E-state index is 0.460. The van der Waals surface area contributed by atoms with Crippen LogP contribution in [0.25, 0.3) is 0 Å². The van der Waals surface area contributed by atoms with E-state index in [-0.39, 0.29) is 0 Å². The summed E-state index contributed by atoms with van der Waals surface area (Å²) in [6.45, 7) is 0. The molecule has 22 heavy (non-hydrogen) atoms. The summed E-state index contributed by atoms with van der Waals surface area (Å²) in [6.07, 6.45) is 0. The fourth-order valence-corrected chi connectivity index (χ4v) is 2.77. The van der Waals surface area contributed by atoms with Crippen LogP contribution in [0, 0.1) is 29.0 Å². The number of hydrogen-bond acceptors (Lipinski definition) is 6. The van der Waals surface area contributed by atoms with Crippen LogP contribution in [0.2, 0.25) is 0 Å². The van der Waals surface area contributed by atoms with Gasteiger partial charge in [-0.05, 0) is 17.7 Å². The molecule has 1 fully saturated rings. The molecule has 0 radical (unpaired) electrons. The van der Waals surface area contributed by atoms with Crippen LogP contribution < -0.4 is 5.32 Å². The fraction of sp³-hybridized carbons (Fsp3) is 0.400. The molecule has 1 heterocycles. The lowest BCUT2D eigenvalue weighted by Crippen LogP contribution is -2.35. The molecule has 1 aromatic carbocycles. The Labute approximate surface area is 126 Å². The Hall–Kier alpha value is -2.46. The van der Waals surface area contributed by atoms with E-state index in [1.54, 1.807) is 6.07 Å². The van der Waals surface area contributed by atoms with Crippen molar-refractivity contribution in [1.29, 1.82) is 5.26 Å². The van der Waals surface area contributed by atoms with E-state index in [4.69, 9.17) is 4.74 Å². The molecule has 0 aromatic heterocycles. The Morgan fingerprint density at radius 2 is 1.86 bits per heavy atom. The van der Waals surface area contributed by atoms with Crippen LogP contribution in [0.1, 0.15) is 11.6 Å². The largest absolute Gasteiger partial charge is 0.469 e. The molecule has 0 aliphatic carbocycles. The molecule has 0 saturated carbocycles. The second-order valence-electron chi connectivity index (χ2n) is 4.90. The molecule has 1 N–H and O–H groups in total. The summed E-state index contributed by atoms with van der Waals surface area (Å²) < 4.78 is 22.9. The average Bonchev–Trinajstić information content (AvgIpc) is 2.92. The molecule has 7 heteroatoms. The molecule has 0 unspecified atom stereocenters. The quantitative estimate of drug-likeness (QED) is 0.836. The van der Waals surface area contributed by atoms with E-state index in [0.29, 0.717) is 5.56 Å². The van der Waals surface area contributed by atoms with Gasteiger partial charge in [0.15, 0.2) is 0 Å². The Morgan fingerprint density at radius 1 is 1.23 bits per heavy atom. The summed E-state index contributed by atoms with van der Waals surface area (Å²) in [5, 5.41) is 12.1. The molecule has 0 amide bonds. The molecule has 116 valence electrons. The zero-order chi connectivity index (χ0) is 16.3. The van der Waals surface area contributed by atoms with Gasteiger partial charge in [-0.15, -0.1) is 0 Å².